The van der Waals surface area contributed by atoms with Gasteiger partial charge in [-0.15, -0.1) is 11.3 Å². The van der Waals surface area contributed by atoms with Crippen LogP contribution in [0, 0.1) is 0 Å². The minimum atomic E-state index is -4.41. The van der Waals surface area contributed by atoms with Crippen molar-refractivity contribution in [3.8, 4) is 0 Å². The molecule has 0 saturated heterocycles. The van der Waals surface area contributed by atoms with Crippen LogP contribution in [0.1, 0.15) is 9.67 Å². The summed E-state index contributed by atoms with van der Waals surface area (Å²) in [5, 5.41) is 2.46. The number of rotatable bonds is 5. The van der Waals surface area contributed by atoms with Crippen molar-refractivity contribution in [2.75, 3.05) is 33.1 Å². The molecule has 2 aromatic heterocycles. The first-order valence-corrected chi connectivity index (χ1v) is 7.41. The van der Waals surface area contributed by atoms with E-state index in [4.69, 9.17) is 4.74 Å². The first-order valence-electron chi connectivity index (χ1n) is 6.60. The summed E-state index contributed by atoms with van der Waals surface area (Å²) in [5.41, 5.74) is 0.167. The maximum atomic E-state index is 12.5. The summed E-state index contributed by atoms with van der Waals surface area (Å²) in [6, 6.07) is 0. The monoisotopic (exact) mass is 361 g/mol. The van der Waals surface area contributed by atoms with Crippen molar-refractivity contribution in [3.63, 3.8) is 0 Å². The number of esters is 1. The van der Waals surface area contributed by atoms with Crippen LogP contribution in [-0.2, 0) is 4.74 Å². The molecule has 0 amide bonds. The number of hydrogen-bond acceptors (Lipinski definition) is 7. The molecular weight excluding hydrogens is 347 g/mol. The van der Waals surface area contributed by atoms with E-state index < -0.39 is 18.7 Å². The smallest absolute Gasteiger partial charge is 0.405 e. The van der Waals surface area contributed by atoms with Crippen molar-refractivity contribution in [1.29, 1.82) is 0 Å². The number of alkyl halides is 3. The second kappa shape index (κ2) is 6.99. The molecular formula is C13H14F3N5O2S. The number of nitrogens with zero attached hydrogens (tertiary/aromatic N) is 4. The minimum Gasteiger partial charge on any atom is -0.465 e. The number of nitrogens with one attached hydrogen (secondary N) is 1. The third-order valence-corrected chi connectivity index (χ3v) is 3.77. The Morgan fingerprint density at radius 3 is 2.75 bits per heavy atom. The molecule has 0 saturated carbocycles. The molecule has 0 aromatic carbocycles. The largest absolute Gasteiger partial charge is 0.465 e. The third-order valence-electron chi connectivity index (χ3n) is 2.71. The molecule has 0 unspecified atom stereocenters. The van der Waals surface area contributed by atoms with Gasteiger partial charge in [0.05, 0.1) is 18.8 Å². The summed E-state index contributed by atoms with van der Waals surface area (Å²) in [7, 11) is 4.64. The van der Waals surface area contributed by atoms with E-state index in [0.717, 1.165) is 17.7 Å². The van der Waals surface area contributed by atoms with Crippen LogP contribution >= 0.6 is 11.3 Å². The van der Waals surface area contributed by atoms with Gasteiger partial charge < -0.3 is 15.0 Å². The van der Waals surface area contributed by atoms with Crippen molar-refractivity contribution >= 4 is 45.4 Å². The molecule has 0 bridgehead atoms. The van der Waals surface area contributed by atoms with Crippen LogP contribution in [0.3, 0.4) is 0 Å². The van der Waals surface area contributed by atoms with Gasteiger partial charge in [-0.3, -0.25) is 0 Å². The number of ether oxygens (including phenoxy) is 1. The number of carbonyl (C=O) groups is 1. The van der Waals surface area contributed by atoms with Gasteiger partial charge >= 0.3 is 12.1 Å². The lowest BCUT2D eigenvalue weighted by Gasteiger charge is -2.10. The first-order chi connectivity index (χ1) is 11.2. The summed E-state index contributed by atoms with van der Waals surface area (Å²) in [6.07, 6.45) is -1.86. The topological polar surface area (TPSA) is 79.7 Å². The van der Waals surface area contributed by atoms with Gasteiger partial charge in [-0.05, 0) is 0 Å². The molecule has 2 heterocycles. The Morgan fingerprint density at radius 2 is 2.17 bits per heavy atom. The van der Waals surface area contributed by atoms with E-state index in [0.29, 0.717) is 4.83 Å². The van der Waals surface area contributed by atoms with Crippen LogP contribution in [0.15, 0.2) is 11.3 Å². The van der Waals surface area contributed by atoms with Gasteiger partial charge in [-0.25, -0.2) is 19.8 Å². The maximum Gasteiger partial charge on any atom is 0.405 e. The number of thiophene rings is 1. The summed E-state index contributed by atoms with van der Waals surface area (Å²) in [6.45, 7) is -1.26. The first kappa shape index (κ1) is 17.9. The molecule has 11 heteroatoms. The second-order valence-electron chi connectivity index (χ2n) is 4.85. The number of anilines is 1. The number of methoxy groups -OCH3 is 1. The predicted octanol–water partition coefficient (Wildman–Crippen LogP) is 2.67. The zero-order chi connectivity index (χ0) is 17.9. The Bertz CT molecular complexity index is 773. The molecule has 0 radical (unpaired) electrons. The van der Waals surface area contributed by atoms with Gasteiger partial charge in [0.2, 0.25) is 0 Å². The molecule has 0 aliphatic rings. The standard InChI is InChI=1S/C13H14F3N5O2S/c1-21(2)6-20-8-7-10(17-4-13(14,15)16)18-5-19-11(7)24-9(8)12(22)23-3/h5-6H,4H2,1-3H3,(H,17,18,19)/b20-6-. The number of aromatic nitrogens is 2. The van der Waals surface area contributed by atoms with Gasteiger partial charge in [0.15, 0.2) is 0 Å². The Kier molecular flexibility index (Phi) is 5.22. The highest BCUT2D eigenvalue weighted by molar-refractivity contribution is 7.21. The third kappa shape index (κ3) is 4.10. The average molecular weight is 361 g/mol. The zero-order valence-corrected chi connectivity index (χ0v) is 13.8. The highest BCUT2D eigenvalue weighted by Crippen LogP contribution is 2.40. The van der Waals surface area contributed by atoms with Crippen molar-refractivity contribution < 1.29 is 22.7 Å². The predicted molar refractivity (Wildman–Crippen MR) is 85.1 cm³/mol. The number of fused-ring (bicyclic) bond motifs is 1. The van der Waals surface area contributed by atoms with Gasteiger partial charge in [0.25, 0.3) is 0 Å². The van der Waals surface area contributed by atoms with E-state index >= 15 is 0 Å². The van der Waals surface area contributed by atoms with Crippen LogP contribution in [-0.4, -0.2) is 61.1 Å². The minimum absolute atomic E-state index is 0.0466. The van der Waals surface area contributed by atoms with Crippen LogP contribution < -0.4 is 5.32 Å². The number of aliphatic imine (C=N–C) groups is 1. The molecule has 1 N–H and O–H groups in total. The Hall–Kier alpha value is -2.43. The average Bonchev–Trinajstić information content (AvgIpc) is 2.88. The van der Waals surface area contributed by atoms with E-state index in [9.17, 15) is 18.0 Å². The van der Waals surface area contributed by atoms with E-state index in [1.807, 2.05) is 0 Å². The zero-order valence-electron chi connectivity index (χ0n) is 13.0. The van der Waals surface area contributed by atoms with Crippen LogP contribution in [0.25, 0.3) is 10.2 Å². The number of hydrogen-bond donors (Lipinski definition) is 1. The van der Waals surface area contributed by atoms with Crippen LogP contribution in [0.2, 0.25) is 0 Å². The SMILES string of the molecule is COC(=O)c1sc2ncnc(NCC(F)(F)F)c2c1/N=C\N(C)C. The fourth-order valence-corrected chi connectivity index (χ4v) is 2.77. The van der Waals surface area contributed by atoms with Gasteiger partial charge in [0.1, 0.15) is 34.1 Å². The van der Waals surface area contributed by atoms with E-state index in [1.54, 1.807) is 19.0 Å². The molecule has 0 aliphatic carbocycles. The highest BCUT2D eigenvalue weighted by atomic mass is 32.1. The lowest BCUT2D eigenvalue weighted by atomic mass is 10.2. The van der Waals surface area contributed by atoms with Crippen molar-refractivity contribution in [2.45, 2.75) is 6.18 Å². The summed E-state index contributed by atoms with van der Waals surface area (Å²) >= 11 is 0.977. The summed E-state index contributed by atoms with van der Waals surface area (Å²) in [4.78, 5) is 26.0. The molecule has 0 atom stereocenters. The molecule has 24 heavy (non-hydrogen) atoms. The quantitative estimate of drug-likeness (QED) is 0.501. The van der Waals surface area contributed by atoms with Gasteiger partial charge in [-0.2, -0.15) is 13.2 Å². The van der Waals surface area contributed by atoms with Gasteiger partial charge in [0, 0.05) is 14.1 Å². The molecule has 0 spiro atoms. The Morgan fingerprint density at radius 1 is 1.46 bits per heavy atom. The van der Waals surface area contributed by atoms with E-state index in [2.05, 4.69) is 20.3 Å². The molecule has 0 fully saturated rings. The molecule has 2 aromatic rings. The van der Waals surface area contributed by atoms with Crippen LogP contribution in [0.5, 0.6) is 0 Å². The summed E-state index contributed by atoms with van der Waals surface area (Å²) in [5.74, 6) is -0.694. The lowest BCUT2D eigenvalue weighted by Crippen LogP contribution is -2.21. The fourth-order valence-electron chi connectivity index (χ4n) is 1.76. The number of carbonyl (C=O) groups excluding carboxylic acids is 1. The Balaban J connectivity index is 2.60. The van der Waals surface area contributed by atoms with Crippen LogP contribution in [0.4, 0.5) is 24.7 Å². The molecule has 0 aliphatic heterocycles. The number of halogens is 3. The normalized spacial score (nSPS) is 11.9. The fraction of sp³-hybridized carbons (Fsp3) is 0.385. The molecule has 2 rings (SSSR count). The molecule has 130 valence electrons. The van der Waals surface area contributed by atoms with E-state index in [-0.39, 0.29) is 21.8 Å². The summed E-state index contributed by atoms with van der Waals surface area (Å²) < 4.78 is 42.1. The van der Waals surface area contributed by atoms with E-state index in [1.165, 1.54) is 13.4 Å². The van der Waals surface area contributed by atoms with Crippen molar-refractivity contribution in [1.82, 2.24) is 14.9 Å². The second-order valence-corrected chi connectivity index (χ2v) is 5.85. The Labute approximate surface area is 139 Å². The molecule has 7 nitrogen and oxygen atoms in total. The van der Waals surface area contributed by atoms with Gasteiger partial charge in [-0.1, -0.05) is 0 Å². The lowest BCUT2D eigenvalue weighted by molar-refractivity contribution is -0.115. The maximum absolute atomic E-state index is 12.5. The van der Waals surface area contributed by atoms with Crippen molar-refractivity contribution in [3.05, 3.63) is 11.2 Å². The van der Waals surface area contributed by atoms with Crippen molar-refractivity contribution in [2.24, 2.45) is 4.99 Å². The highest BCUT2D eigenvalue weighted by Gasteiger charge is 2.28.